The Morgan fingerprint density at radius 1 is 1.43 bits per heavy atom. The number of benzene rings is 1. The van der Waals surface area contributed by atoms with E-state index in [-0.39, 0.29) is 5.91 Å². The summed E-state index contributed by atoms with van der Waals surface area (Å²) in [5.41, 5.74) is 7.44. The number of thioether (sulfide) groups is 1. The predicted octanol–water partition coefficient (Wildman–Crippen LogP) is 4.32. The molecule has 0 heterocycles. The third-order valence-electron chi connectivity index (χ3n) is 3.57. The Morgan fingerprint density at radius 3 is 2.86 bits per heavy atom. The number of rotatable bonds is 5. The molecule has 5 heteroatoms. The van der Waals surface area contributed by atoms with Gasteiger partial charge in [-0.1, -0.05) is 17.7 Å². The van der Waals surface area contributed by atoms with Gasteiger partial charge in [-0.25, -0.2) is 0 Å². The number of nitrogens with zero attached hydrogens (tertiary/aromatic N) is 1. The second-order valence-corrected chi connectivity index (χ2v) is 6.51. The fourth-order valence-corrected chi connectivity index (χ4v) is 3.48. The van der Waals surface area contributed by atoms with E-state index >= 15 is 0 Å². The Kier molecular flexibility index (Phi) is 6.00. The minimum atomic E-state index is 0.156. The van der Waals surface area contributed by atoms with Crippen molar-refractivity contribution in [1.82, 2.24) is 4.90 Å². The first kappa shape index (κ1) is 16.2. The predicted molar refractivity (Wildman–Crippen MR) is 90.5 cm³/mol. The van der Waals surface area contributed by atoms with Gasteiger partial charge in [0, 0.05) is 17.1 Å². The smallest absolute Gasteiger partial charge is 0.237 e. The summed E-state index contributed by atoms with van der Waals surface area (Å²) in [7, 11) is 0. The molecule has 0 saturated carbocycles. The molecule has 3 nitrogen and oxygen atoms in total. The van der Waals surface area contributed by atoms with E-state index < -0.39 is 0 Å². The van der Waals surface area contributed by atoms with Gasteiger partial charge >= 0.3 is 0 Å². The van der Waals surface area contributed by atoms with Gasteiger partial charge in [0.25, 0.3) is 0 Å². The average molecular weight is 325 g/mol. The molecule has 0 saturated heterocycles. The maximum atomic E-state index is 12.4. The Labute approximate surface area is 135 Å². The van der Waals surface area contributed by atoms with Gasteiger partial charge in [-0.3, -0.25) is 4.79 Å². The molecule has 0 aliphatic heterocycles. The van der Waals surface area contributed by atoms with Crippen LogP contribution in [-0.2, 0) is 4.79 Å². The first-order valence-corrected chi connectivity index (χ1v) is 8.65. The zero-order valence-corrected chi connectivity index (χ0v) is 13.8. The van der Waals surface area contributed by atoms with Crippen LogP contribution in [0.5, 0.6) is 0 Å². The maximum absolute atomic E-state index is 12.4. The molecule has 0 radical (unpaired) electrons. The van der Waals surface area contributed by atoms with E-state index in [9.17, 15) is 4.79 Å². The molecule has 0 spiro atoms. The first-order chi connectivity index (χ1) is 10.1. The third-order valence-corrected chi connectivity index (χ3v) is 4.87. The number of halogens is 1. The van der Waals surface area contributed by atoms with Crippen LogP contribution in [0.1, 0.15) is 32.6 Å². The number of carbonyl (C=O) groups is 1. The number of nitrogens with two attached hydrogens (primary N) is 1. The molecule has 1 aromatic carbocycles. The number of nitrogen functional groups attached to an aromatic ring is 1. The molecule has 0 unspecified atom stereocenters. The lowest BCUT2D eigenvalue weighted by Gasteiger charge is -2.26. The first-order valence-electron chi connectivity index (χ1n) is 7.29. The van der Waals surface area contributed by atoms with E-state index in [1.165, 1.54) is 30.3 Å². The topological polar surface area (TPSA) is 46.3 Å². The van der Waals surface area contributed by atoms with E-state index in [4.69, 9.17) is 17.3 Å². The van der Waals surface area contributed by atoms with Gasteiger partial charge < -0.3 is 10.6 Å². The summed E-state index contributed by atoms with van der Waals surface area (Å²) >= 11 is 7.50. The standard InChI is InChI=1S/C16H21ClN2OS/c1-2-19(12-6-4-3-5-7-12)16(20)11-21-13-8-9-15(18)14(17)10-13/h6,8-10H,2-5,7,11,18H2,1H3. The number of anilines is 1. The molecule has 0 aromatic heterocycles. The summed E-state index contributed by atoms with van der Waals surface area (Å²) < 4.78 is 0. The van der Waals surface area contributed by atoms with Gasteiger partial charge in [-0.15, -0.1) is 11.8 Å². The van der Waals surface area contributed by atoms with Gasteiger partial charge in [0.15, 0.2) is 0 Å². The van der Waals surface area contributed by atoms with Gasteiger partial charge in [0.2, 0.25) is 5.91 Å². The molecule has 0 atom stereocenters. The van der Waals surface area contributed by atoms with Crippen LogP contribution < -0.4 is 5.73 Å². The second-order valence-electron chi connectivity index (χ2n) is 5.05. The normalized spacial score (nSPS) is 14.7. The second kappa shape index (κ2) is 7.76. The van der Waals surface area contributed by atoms with Crippen LogP contribution in [0.4, 0.5) is 5.69 Å². The van der Waals surface area contributed by atoms with E-state index in [2.05, 4.69) is 6.08 Å². The Hall–Kier alpha value is -1.13. The summed E-state index contributed by atoms with van der Waals surface area (Å²) in [6, 6.07) is 5.48. The zero-order valence-electron chi connectivity index (χ0n) is 12.3. The van der Waals surface area contributed by atoms with Crippen molar-refractivity contribution >= 4 is 35.0 Å². The monoisotopic (exact) mass is 324 g/mol. The van der Waals surface area contributed by atoms with Crippen molar-refractivity contribution in [2.75, 3.05) is 18.0 Å². The molecule has 2 rings (SSSR count). The lowest BCUT2D eigenvalue weighted by atomic mass is 10.0. The van der Waals surface area contributed by atoms with Crippen molar-refractivity contribution < 1.29 is 4.79 Å². The van der Waals surface area contributed by atoms with Crippen LogP contribution in [0.2, 0.25) is 5.02 Å². The minimum Gasteiger partial charge on any atom is -0.398 e. The summed E-state index contributed by atoms with van der Waals surface area (Å²) in [6.07, 6.45) is 6.71. The van der Waals surface area contributed by atoms with E-state index in [0.29, 0.717) is 16.5 Å². The summed E-state index contributed by atoms with van der Waals surface area (Å²) in [4.78, 5) is 15.3. The molecule has 0 fully saturated rings. The van der Waals surface area contributed by atoms with E-state index in [0.717, 1.165) is 24.3 Å². The van der Waals surface area contributed by atoms with Crippen LogP contribution >= 0.6 is 23.4 Å². The highest BCUT2D eigenvalue weighted by Gasteiger charge is 2.17. The number of hydrogen-bond acceptors (Lipinski definition) is 3. The van der Waals surface area contributed by atoms with Crippen molar-refractivity contribution in [3.63, 3.8) is 0 Å². The number of carbonyl (C=O) groups excluding carboxylic acids is 1. The molecule has 1 amide bonds. The van der Waals surface area contributed by atoms with Gasteiger partial charge in [0.05, 0.1) is 16.5 Å². The third kappa shape index (κ3) is 4.42. The molecule has 0 bridgehead atoms. The number of hydrogen-bond donors (Lipinski definition) is 1. The molecule has 1 aliphatic rings. The Balaban J connectivity index is 1.96. The van der Waals surface area contributed by atoms with Crippen molar-refractivity contribution in [2.45, 2.75) is 37.5 Å². The highest BCUT2D eigenvalue weighted by Crippen LogP contribution is 2.27. The quantitative estimate of drug-likeness (QED) is 0.648. The Bertz CT molecular complexity index is 545. The van der Waals surface area contributed by atoms with E-state index in [1.54, 1.807) is 6.07 Å². The van der Waals surface area contributed by atoms with Gasteiger partial charge in [-0.05, 0) is 50.8 Å². The van der Waals surface area contributed by atoms with Crippen molar-refractivity contribution in [3.8, 4) is 0 Å². The molecule has 21 heavy (non-hydrogen) atoms. The summed E-state index contributed by atoms with van der Waals surface area (Å²) in [5.74, 6) is 0.578. The molecule has 1 aromatic rings. The fourth-order valence-electron chi connectivity index (χ4n) is 2.43. The minimum absolute atomic E-state index is 0.156. The molecule has 114 valence electrons. The maximum Gasteiger partial charge on any atom is 0.237 e. The summed E-state index contributed by atoms with van der Waals surface area (Å²) in [6.45, 7) is 2.76. The van der Waals surface area contributed by atoms with Gasteiger partial charge in [0.1, 0.15) is 0 Å². The van der Waals surface area contributed by atoms with Crippen LogP contribution in [0, 0.1) is 0 Å². The van der Waals surface area contributed by atoms with Crippen molar-refractivity contribution in [2.24, 2.45) is 0 Å². The van der Waals surface area contributed by atoms with E-state index in [1.807, 2.05) is 24.0 Å². The fraction of sp³-hybridized carbons (Fsp3) is 0.438. The number of allylic oxidation sites excluding steroid dienone is 2. The average Bonchev–Trinajstić information content (AvgIpc) is 2.50. The number of amides is 1. The molecular formula is C16H21ClN2OS. The van der Waals surface area contributed by atoms with Crippen LogP contribution in [0.3, 0.4) is 0 Å². The van der Waals surface area contributed by atoms with Crippen molar-refractivity contribution in [1.29, 1.82) is 0 Å². The largest absolute Gasteiger partial charge is 0.398 e. The highest BCUT2D eigenvalue weighted by molar-refractivity contribution is 8.00. The summed E-state index contributed by atoms with van der Waals surface area (Å²) in [5, 5.41) is 0.537. The van der Waals surface area contributed by atoms with Gasteiger partial charge in [-0.2, -0.15) is 0 Å². The molecule has 1 aliphatic carbocycles. The SMILES string of the molecule is CCN(C(=O)CSc1ccc(N)c(Cl)c1)C1=CCCCC1. The molecular weight excluding hydrogens is 304 g/mol. The molecule has 2 N–H and O–H groups in total. The van der Waals surface area contributed by atoms with Crippen LogP contribution in [0.15, 0.2) is 34.9 Å². The van der Waals surface area contributed by atoms with Crippen LogP contribution in [0.25, 0.3) is 0 Å². The lowest BCUT2D eigenvalue weighted by molar-refractivity contribution is -0.126. The zero-order chi connectivity index (χ0) is 15.2. The Morgan fingerprint density at radius 2 is 2.24 bits per heavy atom. The lowest BCUT2D eigenvalue weighted by Crippen LogP contribution is -2.32. The highest BCUT2D eigenvalue weighted by atomic mass is 35.5. The van der Waals surface area contributed by atoms with Crippen LogP contribution in [-0.4, -0.2) is 23.1 Å². The van der Waals surface area contributed by atoms with Crippen molar-refractivity contribution in [3.05, 3.63) is 35.0 Å².